The Morgan fingerprint density at radius 2 is 1.81 bits per heavy atom. The van der Waals surface area contributed by atoms with Gasteiger partial charge in [0.15, 0.2) is 17.3 Å². The molecule has 0 aliphatic carbocycles. The van der Waals surface area contributed by atoms with Crippen LogP contribution in [0.2, 0.25) is 0 Å². The number of hydrogen-bond donors (Lipinski definition) is 1. The maximum absolute atomic E-state index is 13.1. The minimum absolute atomic E-state index is 0.0896. The van der Waals surface area contributed by atoms with Crippen molar-refractivity contribution in [2.24, 2.45) is 0 Å². The average molecular weight is 232 g/mol. The van der Waals surface area contributed by atoms with Crippen molar-refractivity contribution in [1.29, 1.82) is 0 Å². The smallest absolute Gasteiger partial charge is 0.295 e. The van der Waals surface area contributed by atoms with Crippen LogP contribution in [0.3, 0.4) is 0 Å². The Morgan fingerprint density at radius 1 is 1.31 bits per heavy atom. The van der Waals surface area contributed by atoms with E-state index >= 15 is 0 Å². The molecule has 0 radical (unpaired) electrons. The Hall–Kier alpha value is -1.72. The third-order valence-corrected chi connectivity index (χ3v) is 1.81. The Labute approximate surface area is 92.4 Å². The largest absolute Gasteiger partial charge is 0.380 e. The zero-order chi connectivity index (χ0) is 12.9. The lowest BCUT2D eigenvalue weighted by atomic mass is 10.1. The van der Waals surface area contributed by atoms with Gasteiger partial charge in [0.25, 0.3) is 5.69 Å². The molecule has 0 fully saturated rings. The number of nitro groups is 1. The van der Waals surface area contributed by atoms with E-state index in [-0.39, 0.29) is 5.56 Å². The van der Waals surface area contributed by atoms with Crippen LogP contribution in [0.1, 0.15) is 19.4 Å². The fraction of sp³-hybridized carbons (Fsp3) is 0.400. The van der Waals surface area contributed by atoms with Gasteiger partial charge in [-0.1, -0.05) is 13.8 Å². The van der Waals surface area contributed by atoms with Crippen LogP contribution in [0.5, 0.6) is 0 Å². The first kappa shape index (κ1) is 14.3. The molecule has 0 saturated heterocycles. The van der Waals surface area contributed by atoms with E-state index in [9.17, 15) is 18.9 Å². The van der Waals surface area contributed by atoms with E-state index in [1.807, 2.05) is 13.8 Å². The van der Waals surface area contributed by atoms with Crippen molar-refractivity contribution in [3.63, 3.8) is 0 Å². The molecule has 0 aliphatic heterocycles. The molecule has 1 rings (SSSR count). The maximum atomic E-state index is 13.1. The topological polar surface area (TPSA) is 55.2 Å². The summed E-state index contributed by atoms with van der Waals surface area (Å²) in [6, 6.07) is 0.990. The molecule has 0 aliphatic rings. The minimum Gasteiger partial charge on any atom is -0.380 e. The van der Waals surface area contributed by atoms with Crippen molar-refractivity contribution in [3.8, 4) is 0 Å². The molecule has 6 heteroatoms. The predicted octanol–water partition coefficient (Wildman–Crippen LogP) is 3.25. The minimum atomic E-state index is -1.22. The van der Waals surface area contributed by atoms with Crippen molar-refractivity contribution in [1.82, 2.24) is 0 Å². The van der Waals surface area contributed by atoms with E-state index < -0.39 is 27.9 Å². The molecule has 0 unspecified atom stereocenters. The first-order chi connectivity index (χ1) is 7.49. The summed E-state index contributed by atoms with van der Waals surface area (Å²) in [5.41, 5.74) is -0.991. The van der Waals surface area contributed by atoms with Gasteiger partial charge in [0.2, 0.25) is 0 Å². The van der Waals surface area contributed by atoms with Crippen molar-refractivity contribution >= 4 is 11.4 Å². The van der Waals surface area contributed by atoms with E-state index in [4.69, 9.17) is 0 Å². The number of nitro benzene ring substituents is 1. The molecular formula is C10H14F2N2O2. The molecule has 0 saturated carbocycles. The standard InChI is InChI=1S/C8H8F2N2O2.C2H6/c1-4-3-5(12(13)14)8(11-2)7(10)6(4)9;1-2/h3,11H,1-2H3;1-2H3. The van der Waals surface area contributed by atoms with Gasteiger partial charge in [-0.15, -0.1) is 0 Å². The fourth-order valence-corrected chi connectivity index (χ4v) is 1.12. The number of nitrogens with zero attached hydrogens (tertiary/aromatic N) is 1. The molecule has 0 bridgehead atoms. The number of anilines is 1. The Kier molecular flexibility index (Phi) is 5.35. The zero-order valence-corrected chi connectivity index (χ0v) is 9.60. The van der Waals surface area contributed by atoms with Gasteiger partial charge in [0.1, 0.15) is 0 Å². The molecule has 90 valence electrons. The molecule has 0 amide bonds. The van der Waals surface area contributed by atoms with Gasteiger partial charge < -0.3 is 5.32 Å². The van der Waals surface area contributed by atoms with Gasteiger partial charge in [-0.05, 0) is 12.5 Å². The van der Waals surface area contributed by atoms with Crippen molar-refractivity contribution < 1.29 is 13.7 Å². The SMILES string of the molecule is CC.CNc1c([N+](=O)[O-])cc(C)c(F)c1F. The number of hydrogen-bond acceptors (Lipinski definition) is 3. The number of benzene rings is 1. The molecule has 4 nitrogen and oxygen atoms in total. The molecular weight excluding hydrogens is 218 g/mol. The highest BCUT2D eigenvalue weighted by Crippen LogP contribution is 2.30. The van der Waals surface area contributed by atoms with Crippen LogP contribution in [0, 0.1) is 28.7 Å². The third kappa shape index (κ3) is 2.65. The lowest BCUT2D eigenvalue weighted by Gasteiger charge is -2.05. The molecule has 0 spiro atoms. The summed E-state index contributed by atoms with van der Waals surface area (Å²) in [5.74, 6) is -2.29. The second kappa shape index (κ2) is 5.99. The summed E-state index contributed by atoms with van der Waals surface area (Å²) in [6.45, 7) is 5.27. The Balaban J connectivity index is 0.00000106. The van der Waals surface area contributed by atoms with E-state index in [1.54, 1.807) is 0 Å². The molecule has 1 aromatic carbocycles. The van der Waals surface area contributed by atoms with Gasteiger partial charge in [-0.3, -0.25) is 10.1 Å². The van der Waals surface area contributed by atoms with Gasteiger partial charge in [-0.2, -0.15) is 0 Å². The summed E-state index contributed by atoms with van der Waals surface area (Å²) in [4.78, 5) is 9.71. The molecule has 0 heterocycles. The number of rotatable bonds is 2. The summed E-state index contributed by atoms with van der Waals surface area (Å²) in [6.07, 6.45) is 0. The highest BCUT2D eigenvalue weighted by Gasteiger charge is 2.22. The van der Waals surface area contributed by atoms with Gasteiger partial charge in [-0.25, -0.2) is 8.78 Å². The Morgan fingerprint density at radius 3 is 2.19 bits per heavy atom. The monoisotopic (exact) mass is 232 g/mol. The van der Waals surface area contributed by atoms with E-state index in [0.717, 1.165) is 6.07 Å². The quantitative estimate of drug-likeness (QED) is 0.629. The normalized spacial score (nSPS) is 9.12. The summed E-state index contributed by atoms with van der Waals surface area (Å²) in [5, 5.41) is 12.7. The first-order valence-electron chi connectivity index (χ1n) is 4.79. The van der Waals surface area contributed by atoms with Crippen LogP contribution in [0.25, 0.3) is 0 Å². The van der Waals surface area contributed by atoms with Crippen LogP contribution in [0.4, 0.5) is 20.2 Å². The predicted molar refractivity (Wildman–Crippen MR) is 58.6 cm³/mol. The molecule has 16 heavy (non-hydrogen) atoms. The first-order valence-corrected chi connectivity index (χ1v) is 4.79. The average Bonchev–Trinajstić information content (AvgIpc) is 2.28. The van der Waals surface area contributed by atoms with Crippen LogP contribution in [0.15, 0.2) is 6.07 Å². The van der Waals surface area contributed by atoms with Crippen molar-refractivity contribution in [3.05, 3.63) is 33.4 Å². The van der Waals surface area contributed by atoms with Gasteiger partial charge in [0, 0.05) is 13.1 Å². The molecule has 0 atom stereocenters. The summed E-state index contributed by atoms with van der Waals surface area (Å²) >= 11 is 0. The zero-order valence-electron chi connectivity index (χ0n) is 9.60. The molecule has 1 aromatic rings. The van der Waals surface area contributed by atoms with Gasteiger partial charge in [0.05, 0.1) is 4.92 Å². The van der Waals surface area contributed by atoms with Crippen molar-refractivity contribution in [2.75, 3.05) is 12.4 Å². The van der Waals surface area contributed by atoms with Gasteiger partial charge >= 0.3 is 0 Å². The molecule has 1 N–H and O–H groups in total. The third-order valence-electron chi connectivity index (χ3n) is 1.81. The second-order valence-electron chi connectivity index (χ2n) is 2.72. The number of aryl methyl sites for hydroxylation is 1. The fourth-order valence-electron chi connectivity index (χ4n) is 1.12. The lowest BCUT2D eigenvalue weighted by Crippen LogP contribution is -2.03. The van der Waals surface area contributed by atoms with Crippen LogP contribution >= 0.6 is 0 Å². The second-order valence-corrected chi connectivity index (χ2v) is 2.72. The van der Waals surface area contributed by atoms with E-state index in [2.05, 4.69) is 5.32 Å². The highest BCUT2D eigenvalue weighted by molar-refractivity contribution is 5.63. The number of nitrogens with one attached hydrogen (secondary N) is 1. The van der Waals surface area contributed by atoms with E-state index in [0.29, 0.717) is 0 Å². The molecule has 0 aromatic heterocycles. The lowest BCUT2D eigenvalue weighted by molar-refractivity contribution is -0.384. The number of halogens is 2. The summed E-state index contributed by atoms with van der Waals surface area (Å²) in [7, 11) is 1.29. The van der Waals surface area contributed by atoms with Crippen molar-refractivity contribution in [2.45, 2.75) is 20.8 Å². The van der Waals surface area contributed by atoms with Crippen LogP contribution in [-0.4, -0.2) is 12.0 Å². The summed E-state index contributed by atoms with van der Waals surface area (Å²) < 4.78 is 26.1. The highest BCUT2D eigenvalue weighted by atomic mass is 19.2. The van der Waals surface area contributed by atoms with Crippen LogP contribution in [-0.2, 0) is 0 Å². The van der Waals surface area contributed by atoms with E-state index in [1.165, 1.54) is 14.0 Å². The maximum Gasteiger partial charge on any atom is 0.295 e. The Bertz CT molecular complexity index is 395. The van der Waals surface area contributed by atoms with Crippen LogP contribution < -0.4 is 5.32 Å².